The lowest BCUT2D eigenvalue weighted by atomic mass is 10.1. The van der Waals surface area contributed by atoms with Gasteiger partial charge in [0.1, 0.15) is 5.69 Å². The molecule has 1 aromatic carbocycles. The van der Waals surface area contributed by atoms with E-state index < -0.39 is 17.8 Å². The number of nitrogens with one attached hydrogen (secondary N) is 3. The number of amides is 2. The van der Waals surface area contributed by atoms with Crippen LogP contribution < -0.4 is 25.1 Å². The number of carbonyl (C=O) groups excluding carboxylic acids is 3. The Morgan fingerprint density at radius 3 is 1.91 bits per heavy atom. The molecule has 10 nitrogen and oxygen atoms in total. The van der Waals surface area contributed by atoms with E-state index in [2.05, 4.69) is 15.8 Å². The summed E-state index contributed by atoms with van der Waals surface area (Å²) in [5, 5.41) is 0. The van der Waals surface area contributed by atoms with E-state index in [0.29, 0.717) is 53.9 Å². The van der Waals surface area contributed by atoms with Crippen LogP contribution in [0.15, 0.2) is 12.1 Å². The van der Waals surface area contributed by atoms with Crippen LogP contribution in [0.25, 0.3) is 0 Å². The van der Waals surface area contributed by atoms with Crippen LogP contribution in [-0.2, 0) is 4.74 Å². The van der Waals surface area contributed by atoms with Crippen LogP contribution in [0.1, 0.15) is 77.1 Å². The zero-order valence-corrected chi connectivity index (χ0v) is 20.7. The van der Waals surface area contributed by atoms with E-state index in [0.717, 1.165) is 0 Å². The number of H-pyrrole nitrogens is 1. The maximum absolute atomic E-state index is 12.8. The van der Waals surface area contributed by atoms with Crippen molar-refractivity contribution in [2.45, 2.75) is 54.6 Å². The lowest BCUT2D eigenvalue weighted by molar-refractivity contribution is 0.0376. The zero-order chi connectivity index (χ0) is 25.4. The molecule has 2 amide bonds. The zero-order valence-electron chi connectivity index (χ0n) is 20.7. The van der Waals surface area contributed by atoms with Crippen molar-refractivity contribution in [1.29, 1.82) is 0 Å². The summed E-state index contributed by atoms with van der Waals surface area (Å²) in [7, 11) is 0. The molecule has 1 heterocycles. The summed E-state index contributed by atoms with van der Waals surface area (Å²) in [4.78, 5) is 40.7. The largest absolute Gasteiger partial charge is 0.490 e. The van der Waals surface area contributed by atoms with Gasteiger partial charge in [-0.05, 0) is 66.2 Å². The fourth-order valence-corrected chi connectivity index (χ4v) is 3.32. The molecule has 0 bridgehead atoms. The van der Waals surface area contributed by atoms with Gasteiger partial charge in [-0.3, -0.25) is 20.4 Å². The highest BCUT2D eigenvalue weighted by molar-refractivity contribution is 6.02. The Morgan fingerprint density at radius 1 is 0.882 bits per heavy atom. The number of esters is 1. The average molecular weight is 476 g/mol. The highest BCUT2D eigenvalue weighted by Gasteiger charge is 2.24. The van der Waals surface area contributed by atoms with Crippen molar-refractivity contribution in [3.05, 3.63) is 40.2 Å². The molecule has 0 fully saturated rings. The Kier molecular flexibility index (Phi) is 9.35. The lowest BCUT2D eigenvalue weighted by Crippen LogP contribution is -2.42. The number of hydrogen-bond donors (Lipinski definition) is 3. The summed E-state index contributed by atoms with van der Waals surface area (Å²) in [6.07, 6.45) is -0.296. The number of rotatable bonds is 10. The van der Waals surface area contributed by atoms with Gasteiger partial charge in [0, 0.05) is 11.3 Å². The van der Waals surface area contributed by atoms with Gasteiger partial charge >= 0.3 is 5.97 Å². The molecule has 2 aromatic rings. The minimum atomic E-state index is -0.612. The van der Waals surface area contributed by atoms with Crippen molar-refractivity contribution in [1.82, 2.24) is 15.8 Å². The molecular weight excluding hydrogens is 442 g/mol. The van der Waals surface area contributed by atoms with E-state index in [9.17, 15) is 14.4 Å². The first-order valence-electron chi connectivity index (χ1n) is 11.2. The van der Waals surface area contributed by atoms with Crippen LogP contribution in [-0.4, -0.2) is 48.7 Å². The Hall–Kier alpha value is -3.69. The van der Waals surface area contributed by atoms with E-state index in [-0.39, 0.29) is 17.4 Å². The Morgan fingerprint density at radius 2 is 1.41 bits per heavy atom. The third-order valence-electron chi connectivity index (χ3n) is 4.67. The van der Waals surface area contributed by atoms with Gasteiger partial charge in [-0.15, -0.1) is 0 Å². The number of aryl methyl sites for hydroxylation is 1. The normalized spacial score (nSPS) is 10.6. The standard InChI is InChI=1S/C24H33N3O7/c1-8-31-17-11-16(12-18(32-9-2)21(17)33-10-3)22(28)26-27-23(29)20-14(6)19(15(7)25-20)24(30)34-13(4)5/h11-13,25H,8-10H2,1-7H3,(H,26,28)(H,27,29). The molecule has 0 aliphatic heterocycles. The molecule has 2 rings (SSSR count). The Labute approximate surface area is 199 Å². The molecule has 0 aliphatic carbocycles. The summed E-state index contributed by atoms with van der Waals surface area (Å²) >= 11 is 0. The Balaban J connectivity index is 2.22. The number of ether oxygens (including phenoxy) is 4. The summed E-state index contributed by atoms with van der Waals surface area (Å²) in [6, 6.07) is 3.03. The van der Waals surface area contributed by atoms with Gasteiger partial charge in [-0.1, -0.05) is 0 Å². The van der Waals surface area contributed by atoms with Crippen molar-refractivity contribution in [3.8, 4) is 17.2 Å². The smallest absolute Gasteiger partial charge is 0.340 e. The van der Waals surface area contributed by atoms with Crippen LogP contribution in [0.2, 0.25) is 0 Å². The maximum atomic E-state index is 12.8. The minimum Gasteiger partial charge on any atom is -0.490 e. The fourth-order valence-electron chi connectivity index (χ4n) is 3.32. The van der Waals surface area contributed by atoms with Crippen molar-refractivity contribution >= 4 is 17.8 Å². The minimum absolute atomic E-state index is 0.144. The molecule has 0 unspecified atom stereocenters. The SMILES string of the molecule is CCOc1cc(C(=O)NNC(=O)c2[nH]c(C)c(C(=O)OC(C)C)c2C)cc(OCC)c1OCC. The van der Waals surface area contributed by atoms with E-state index in [1.54, 1.807) is 27.7 Å². The van der Waals surface area contributed by atoms with Gasteiger partial charge in [0.05, 0.1) is 31.5 Å². The molecule has 34 heavy (non-hydrogen) atoms. The van der Waals surface area contributed by atoms with Crippen molar-refractivity contribution in [2.24, 2.45) is 0 Å². The Bertz CT molecular complexity index is 1020. The molecule has 0 atom stereocenters. The fraction of sp³-hybridized carbons (Fsp3) is 0.458. The summed E-state index contributed by atoms with van der Waals surface area (Å²) < 4.78 is 22.1. The number of aromatic nitrogens is 1. The molecule has 0 saturated heterocycles. The van der Waals surface area contributed by atoms with Gasteiger partial charge in [0.15, 0.2) is 11.5 Å². The predicted octanol–water partition coefficient (Wildman–Crippen LogP) is 3.47. The van der Waals surface area contributed by atoms with Crippen molar-refractivity contribution < 1.29 is 33.3 Å². The molecular formula is C24H33N3O7. The van der Waals surface area contributed by atoms with E-state index in [1.165, 1.54) is 12.1 Å². The third-order valence-corrected chi connectivity index (χ3v) is 4.67. The van der Waals surface area contributed by atoms with E-state index in [1.807, 2.05) is 20.8 Å². The van der Waals surface area contributed by atoms with Crippen molar-refractivity contribution in [2.75, 3.05) is 19.8 Å². The summed E-state index contributed by atoms with van der Waals surface area (Å²) in [5.41, 5.74) is 6.30. The number of aromatic amines is 1. The van der Waals surface area contributed by atoms with Crippen LogP contribution in [0.5, 0.6) is 17.2 Å². The number of benzene rings is 1. The topological polar surface area (TPSA) is 128 Å². The van der Waals surface area contributed by atoms with Gasteiger partial charge in [-0.25, -0.2) is 4.79 Å². The summed E-state index contributed by atoms with van der Waals surface area (Å²) in [5.74, 6) is -0.597. The van der Waals surface area contributed by atoms with Crippen LogP contribution in [0.4, 0.5) is 0 Å². The number of hydrogen-bond acceptors (Lipinski definition) is 7. The highest BCUT2D eigenvalue weighted by atomic mass is 16.5. The number of hydrazine groups is 1. The van der Waals surface area contributed by atoms with Crippen LogP contribution in [0.3, 0.4) is 0 Å². The predicted molar refractivity (Wildman–Crippen MR) is 126 cm³/mol. The van der Waals surface area contributed by atoms with Crippen LogP contribution >= 0.6 is 0 Å². The molecule has 0 radical (unpaired) electrons. The molecule has 0 aliphatic rings. The van der Waals surface area contributed by atoms with E-state index >= 15 is 0 Å². The highest BCUT2D eigenvalue weighted by Crippen LogP contribution is 2.39. The molecule has 10 heteroatoms. The average Bonchev–Trinajstić information content (AvgIpc) is 3.07. The second-order valence-corrected chi connectivity index (χ2v) is 7.59. The lowest BCUT2D eigenvalue weighted by Gasteiger charge is -2.17. The van der Waals surface area contributed by atoms with Crippen LogP contribution in [0, 0.1) is 13.8 Å². The number of carbonyl (C=O) groups is 3. The molecule has 0 spiro atoms. The molecule has 0 saturated carbocycles. The first-order chi connectivity index (χ1) is 16.1. The van der Waals surface area contributed by atoms with E-state index in [4.69, 9.17) is 18.9 Å². The van der Waals surface area contributed by atoms with Gasteiger partial charge in [0.25, 0.3) is 11.8 Å². The summed E-state index contributed by atoms with van der Waals surface area (Å²) in [6.45, 7) is 13.4. The first-order valence-corrected chi connectivity index (χ1v) is 11.2. The second kappa shape index (κ2) is 12.0. The third kappa shape index (κ3) is 6.21. The maximum Gasteiger partial charge on any atom is 0.340 e. The van der Waals surface area contributed by atoms with Gasteiger partial charge in [-0.2, -0.15) is 0 Å². The molecule has 3 N–H and O–H groups in total. The second-order valence-electron chi connectivity index (χ2n) is 7.59. The van der Waals surface area contributed by atoms with Crippen molar-refractivity contribution in [3.63, 3.8) is 0 Å². The monoisotopic (exact) mass is 475 g/mol. The quantitative estimate of drug-likeness (QED) is 0.355. The molecule has 1 aromatic heterocycles. The molecule has 186 valence electrons. The first kappa shape index (κ1) is 26.6. The van der Waals surface area contributed by atoms with Gasteiger partial charge in [0.2, 0.25) is 5.75 Å². The van der Waals surface area contributed by atoms with Gasteiger partial charge < -0.3 is 23.9 Å².